The Kier molecular flexibility index (Phi) is 4.70. The van der Waals surface area contributed by atoms with Gasteiger partial charge in [0.1, 0.15) is 5.69 Å². The zero-order valence-electron chi connectivity index (χ0n) is 11.9. The van der Waals surface area contributed by atoms with Crippen LogP contribution in [0.15, 0.2) is 33.5 Å². The molecule has 0 saturated heterocycles. The van der Waals surface area contributed by atoms with E-state index in [-0.39, 0.29) is 5.56 Å². The fraction of sp³-hybridized carbons (Fsp3) is 0.400. The summed E-state index contributed by atoms with van der Waals surface area (Å²) in [4.78, 5) is 12.5. The highest BCUT2D eigenvalue weighted by atomic mass is 79.9. The third kappa shape index (κ3) is 2.68. The Labute approximate surface area is 127 Å². The highest BCUT2D eigenvalue weighted by Gasteiger charge is 2.17. The topological polar surface area (TPSA) is 53.0 Å². The molecule has 0 aliphatic carbocycles. The Morgan fingerprint density at radius 3 is 2.60 bits per heavy atom. The smallest absolute Gasteiger partial charge is 0.294 e. The van der Waals surface area contributed by atoms with E-state index in [1.54, 1.807) is 4.68 Å². The van der Waals surface area contributed by atoms with E-state index in [9.17, 15) is 4.79 Å². The first-order chi connectivity index (χ1) is 9.60. The zero-order chi connectivity index (χ0) is 14.7. The van der Waals surface area contributed by atoms with E-state index in [4.69, 9.17) is 5.73 Å². The number of nitrogens with two attached hydrogens (primary N) is 1. The molecule has 1 aromatic heterocycles. The van der Waals surface area contributed by atoms with Crippen LogP contribution in [0.5, 0.6) is 0 Å². The molecule has 0 bridgehead atoms. The van der Waals surface area contributed by atoms with Crippen molar-refractivity contribution in [3.8, 4) is 5.69 Å². The number of benzene rings is 1. The maximum atomic E-state index is 12.5. The van der Waals surface area contributed by atoms with Crippen LogP contribution in [-0.4, -0.2) is 9.36 Å². The maximum Gasteiger partial charge on any atom is 0.294 e. The van der Waals surface area contributed by atoms with Crippen molar-refractivity contribution in [1.29, 1.82) is 0 Å². The summed E-state index contributed by atoms with van der Waals surface area (Å²) in [5, 5.41) is 0. The van der Waals surface area contributed by atoms with Gasteiger partial charge in [0.15, 0.2) is 0 Å². The van der Waals surface area contributed by atoms with Crippen LogP contribution >= 0.6 is 15.9 Å². The van der Waals surface area contributed by atoms with Crippen molar-refractivity contribution in [3.63, 3.8) is 0 Å². The number of anilines is 1. The van der Waals surface area contributed by atoms with Crippen LogP contribution in [0.3, 0.4) is 0 Å². The lowest BCUT2D eigenvalue weighted by molar-refractivity contribution is 0.512. The van der Waals surface area contributed by atoms with Crippen LogP contribution in [0.2, 0.25) is 0 Å². The molecule has 2 aromatic rings. The number of hydrogen-bond donors (Lipinski definition) is 1. The fourth-order valence-electron chi connectivity index (χ4n) is 2.42. The summed E-state index contributed by atoms with van der Waals surface area (Å²) < 4.78 is 4.65. The van der Waals surface area contributed by atoms with Crippen molar-refractivity contribution in [2.24, 2.45) is 0 Å². The van der Waals surface area contributed by atoms with Gasteiger partial charge in [-0.2, -0.15) is 0 Å². The molecule has 0 aliphatic rings. The SMILES string of the molecule is CCCc1c(N)c(=O)n(-c2cccc(Br)c2)n1CCC. The van der Waals surface area contributed by atoms with Crippen molar-refractivity contribution in [3.05, 3.63) is 44.8 Å². The standard InChI is InChI=1S/C15H20BrN3O/c1-3-6-13-14(17)15(20)19(18(13)9-4-2)12-8-5-7-11(16)10-12/h5,7-8,10H,3-4,6,9,17H2,1-2H3. The molecule has 1 aromatic carbocycles. The number of halogens is 1. The van der Waals surface area contributed by atoms with Gasteiger partial charge in [0, 0.05) is 11.0 Å². The molecule has 2 N–H and O–H groups in total. The van der Waals surface area contributed by atoms with Gasteiger partial charge in [-0.25, -0.2) is 4.68 Å². The van der Waals surface area contributed by atoms with E-state index in [0.717, 1.165) is 41.7 Å². The monoisotopic (exact) mass is 337 g/mol. The number of nitrogens with zero attached hydrogens (tertiary/aromatic N) is 2. The average molecular weight is 338 g/mol. The maximum absolute atomic E-state index is 12.5. The van der Waals surface area contributed by atoms with Gasteiger partial charge in [-0.1, -0.05) is 42.3 Å². The van der Waals surface area contributed by atoms with E-state index in [1.165, 1.54) is 0 Å². The number of hydrogen-bond acceptors (Lipinski definition) is 2. The molecule has 4 nitrogen and oxygen atoms in total. The predicted molar refractivity (Wildman–Crippen MR) is 86.4 cm³/mol. The first kappa shape index (κ1) is 14.9. The summed E-state index contributed by atoms with van der Waals surface area (Å²) in [6.45, 7) is 4.98. The third-order valence-electron chi connectivity index (χ3n) is 3.26. The summed E-state index contributed by atoms with van der Waals surface area (Å²) in [7, 11) is 0. The van der Waals surface area contributed by atoms with Crippen LogP contribution in [0.1, 0.15) is 32.4 Å². The van der Waals surface area contributed by atoms with E-state index in [1.807, 2.05) is 28.9 Å². The molecule has 0 spiro atoms. The summed E-state index contributed by atoms with van der Waals surface area (Å²) in [6.07, 6.45) is 2.75. The van der Waals surface area contributed by atoms with Gasteiger partial charge in [-0.3, -0.25) is 9.48 Å². The lowest BCUT2D eigenvalue weighted by atomic mass is 10.2. The van der Waals surface area contributed by atoms with E-state index in [0.29, 0.717) is 5.69 Å². The van der Waals surface area contributed by atoms with Gasteiger partial charge in [0.05, 0.1) is 11.4 Å². The number of rotatable bonds is 5. The normalized spacial score (nSPS) is 10.9. The van der Waals surface area contributed by atoms with Crippen molar-refractivity contribution in [1.82, 2.24) is 9.36 Å². The van der Waals surface area contributed by atoms with Gasteiger partial charge in [-0.05, 0) is 31.0 Å². The van der Waals surface area contributed by atoms with Crippen molar-refractivity contribution in [2.75, 3.05) is 5.73 Å². The largest absolute Gasteiger partial charge is 0.393 e. The molecule has 20 heavy (non-hydrogen) atoms. The minimum atomic E-state index is -0.125. The minimum Gasteiger partial charge on any atom is -0.393 e. The van der Waals surface area contributed by atoms with Gasteiger partial charge in [-0.15, -0.1) is 0 Å². The predicted octanol–water partition coefficient (Wildman–Crippen LogP) is 3.35. The second kappa shape index (κ2) is 6.31. The second-order valence-electron chi connectivity index (χ2n) is 4.83. The number of nitrogen functional groups attached to an aromatic ring is 1. The van der Waals surface area contributed by atoms with Gasteiger partial charge in [0.2, 0.25) is 0 Å². The average Bonchev–Trinajstić information content (AvgIpc) is 2.65. The van der Waals surface area contributed by atoms with Gasteiger partial charge in [0.25, 0.3) is 5.56 Å². The van der Waals surface area contributed by atoms with E-state index < -0.39 is 0 Å². The Hall–Kier alpha value is -1.49. The summed E-state index contributed by atoms with van der Waals surface area (Å²) >= 11 is 3.45. The third-order valence-corrected chi connectivity index (χ3v) is 3.75. The highest BCUT2D eigenvalue weighted by Crippen LogP contribution is 2.19. The lowest BCUT2D eigenvalue weighted by Gasteiger charge is -2.14. The van der Waals surface area contributed by atoms with Crippen molar-refractivity contribution in [2.45, 2.75) is 39.7 Å². The first-order valence-corrected chi connectivity index (χ1v) is 7.75. The summed E-state index contributed by atoms with van der Waals surface area (Å²) in [5.41, 5.74) is 8.06. The summed E-state index contributed by atoms with van der Waals surface area (Å²) in [5.74, 6) is 0. The highest BCUT2D eigenvalue weighted by molar-refractivity contribution is 9.10. The molecule has 5 heteroatoms. The Morgan fingerprint density at radius 1 is 1.25 bits per heavy atom. The lowest BCUT2D eigenvalue weighted by Crippen LogP contribution is -2.22. The summed E-state index contributed by atoms with van der Waals surface area (Å²) in [6, 6.07) is 7.72. The molecule has 0 fully saturated rings. The molecule has 2 rings (SSSR count). The van der Waals surface area contributed by atoms with E-state index >= 15 is 0 Å². The van der Waals surface area contributed by atoms with Gasteiger partial charge >= 0.3 is 0 Å². The zero-order valence-corrected chi connectivity index (χ0v) is 13.5. The van der Waals surface area contributed by atoms with Crippen LogP contribution in [-0.2, 0) is 13.0 Å². The first-order valence-electron chi connectivity index (χ1n) is 6.96. The van der Waals surface area contributed by atoms with Crippen LogP contribution < -0.4 is 11.3 Å². The molecule has 0 atom stereocenters. The Morgan fingerprint density at radius 2 is 2.00 bits per heavy atom. The van der Waals surface area contributed by atoms with Crippen molar-refractivity contribution >= 4 is 21.6 Å². The second-order valence-corrected chi connectivity index (χ2v) is 5.75. The molecular weight excluding hydrogens is 318 g/mol. The Bertz CT molecular complexity index is 658. The van der Waals surface area contributed by atoms with Crippen LogP contribution in [0.25, 0.3) is 5.69 Å². The van der Waals surface area contributed by atoms with Crippen LogP contribution in [0, 0.1) is 0 Å². The van der Waals surface area contributed by atoms with Crippen LogP contribution in [0.4, 0.5) is 5.69 Å². The fourth-order valence-corrected chi connectivity index (χ4v) is 2.81. The molecular formula is C15H20BrN3O. The molecule has 0 saturated carbocycles. The Balaban J connectivity index is 2.68. The molecule has 108 valence electrons. The quantitative estimate of drug-likeness (QED) is 0.909. The molecule has 1 heterocycles. The molecule has 0 aliphatic heterocycles. The molecule has 0 radical (unpaired) electrons. The number of aromatic nitrogens is 2. The minimum absolute atomic E-state index is 0.125. The molecule has 0 unspecified atom stereocenters. The van der Waals surface area contributed by atoms with Gasteiger partial charge < -0.3 is 5.73 Å². The van der Waals surface area contributed by atoms with E-state index in [2.05, 4.69) is 29.8 Å². The molecule has 0 amide bonds. The van der Waals surface area contributed by atoms with Crippen molar-refractivity contribution < 1.29 is 0 Å².